The van der Waals surface area contributed by atoms with Crippen LogP contribution in [-0.2, 0) is 10.2 Å². The van der Waals surface area contributed by atoms with E-state index in [2.05, 4.69) is 17.4 Å². The second-order valence-corrected chi connectivity index (χ2v) is 6.85. The first-order valence-electron chi connectivity index (χ1n) is 9.35. The number of methoxy groups -OCH3 is 3. The van der Waals surface area contributed by atoms with Gasteiger partial charge in [-0.2, -0.15) is 0 Å². The first-order valence-corrected chi connectivity index (χ1v) is 9.35. The summed E-state index contributed by atoms with van der Waals surface area (Å²) >= 11 is 0. The number of hydrogen-bond donors (Lipinski definition) is 1. The average Bonchev–Trinajstić information content (AvgIpc) is 2.77. The molecule has 0 saturated carbocycles. The summed E-state index contributed by atoms with van der Waals surface area (Å²) in [5, 5.41) is 3.10. The van der Waals surface area contributed by atoms with Gasteiger partial charge in [0, 0.05) is 37.3 Å². The zero-order chi connectivity index (χ0) is 20.0. The van der Waals surface area contributed by atoms with Gasteiger partial charge < -0.3 is 24.3 Å². The summed E-state index contributed by atoms with van der Waals surface area (Å²) in [6.45, 7) is 1.89. The summed E-state index contributed by atoms with van der Waals surface area (Å²) in [6, 6.07) is 13.6. The van der Waals surface area contributed by atoms with Crippen molar-refractivity contribution in [3.63, 3.8) is 0 Å². The maximum absolute atomic E-state index is 13.0. The molecule has 3 rings (SSSR count). The van der Waals surface area contributed by atoms with Gasteiger partial charge in [0.1, 0.15) is 5.75 Å². The molecule has 1 saturated heterocycles. The largest absolute Gasteiger partial charge is 0.496 e. The molecule has 1 amide bonds. The van der Waals surface area contributed by atoms with Crippen LogP contribution in [0.4, 0.5) is 0 Å². The molecule has 0 aliphatic carbocycles. The van der Waals surface area contributed by atoms with E-state index in [1.165, 1.54) is 12.7 Å². The lowest BCUT2D eigenvalue weighted by molar-refractivity contribution is 0.0487. The number of benzene rings is 2. The normalized spacial score (nSPS) is 15.5. The Morgan fingerprint density at radius 1 is 0.964 bits per heavy atom. The third kappa shape index (κ3) is 4.07. The number of carbonyl (C=O) groups excluding carboxylic acids is 1. The Hall–Kier alpha value is -2.73. The summed E-state index contributed by atoms with van der Waals surface area (Å²) in [7, 11) is 4.62. The first-order chi connectivity index (χ1) is 13.6. The summed E-state index contributed by atoms with van der Waals surface area (Å²) in [5.41, 5.74) is 1.49. The molecule has 0 radical (unpaired) electrons. The molecule has 6 nitrogen and oxygen atoms in total. The maximum Gasteiger partial charge on any atom is 0.255 e. The molecule has 0 aromatic heterocycles. The van der Waals surface area contributed by atoms with Crippen LogP contribution in [0.1, 0.15) is 28.8 Å². The van der Waals surface area contributed by atoms with Crippen molar-refractivity contribution >= 4 is 5.91 Å². The number of carbonyl (C=O) groups is 1. The number of hydrogen-bond acceptors (Lipinski definition) is 5. The van der Waals surface area contributed by atoms with Gasteiger partial charge in [-0.1, -0.05) is 30.3 Å². The maximum atomic E-state index is 13.0. The van der Waals surface area contributed by atoms with Gasteiger partial charge in [-0.15, -0.1) is 0 Å². The number of rotatable bonds is 7. The molecule has 150 valence electrons. The Labute approximate surface area is 165 Å². The molecule has 1 heterocycles. The Morgan fingerprint density at radius 3 is 2.18 bits per heavy atom. The summed E-state index contributed by atoms with van der Waals surface area (Å²) < 4.78 is 21.6. The Kier molecular flexibility index (Phi) is 6.41. The van der Waals surface area contributed by atoms with E-state index in [1.54, 1.807) is 26.4 Å². The molecule has 0 unspecified atom stereocenters. The van der Waals surface area contributed by atoms with Crippen molar-refractivity contribution < 1.29 is 23.7 Å². The fraction of sp³-hybridized carbons (Fsp3) is 0.409. The van der Waals surface area contributed by atoms with Gasteiger partial charge in [-0.3, -0.25) is 4.79 Å². The van der Waals surface area contributed by atoms with E-state index < -0.39 is 0 Å². The molecule has 0 atom stereocenters. The second kappa shape index (κ2) is 8.97. The van der Waals surface area contributed by atoms with E-state index in [4.69, 9.17) is 18.9 Å². The van der Waals surface area contributed by atoms with E-state index in [0.29, 0.717) is 42.6 Å². The Morgan fingerprint density at radius 2 is 1.57 bits per heavy atom. The van der Waals surface area contributed by atoms with Crippen molar-refractivity contribution in [3.05, 3.63) is 53.6 Å². The van der Waals surface area contributed by atoms with Gasteiger partial charge >= 0.3 is 0 Å². The number of ether oxygens (including phenoxy) is 4. The SMILES string of the molecule is COc1cc(OC)c(C(=O)NCC2(c3ccccc3)CCOCC2)cc1OC. The highest BCUT2D eigenvalue weighted by atomic mass is 16.5. The van der Waals surface area contributed by atoms with Crippen LogP contribution in [-0.4, -0.2) is 47.0 Å². The molecule has 1 aliphatic heterocycles. The predicted octanol–water partition coefficient (Wildman–Crippen LogP) is 3.19. The van der Waals surface area contributed by atoms with Crippen LogP contribution in [0.15, 0.2) is 42.5 Å². The van der Waals surface area contributed by atoms with E-state index in [1.807, 2.05) is 18.2 Å². The average molecular weight is 385 g/mol. The van der Waals surface area contributed by atoms with Gasteiger partial charge in [-0.05, 0) is 18.4 Å². The van der Waals surface area contributed by atoms with E-state index in [-0.39, 0.29) is 11.3 Å². The summed E-state index contributed by atoms with van der Waals surface area (Å²) in [6.07, 6.45) is 1.72. The van der Waals surface area contributed by atoms with E-state index in [0.717, 1.165) is 12.8 Å². The zero-order valence-electron chi connectivity index (χ0n) is 16.6. The van der Waals surface area contributed by atoms with Crippen LogP contribution in [0.5, 0.6) is 17.2 Å². The standard InChI is InChI=1S/C22H27NO5/c1-25-18-14-20(27-3)19(26-2)13-17(18)21(24)23-15-22(9-11-28-12-10-22)16-7-5-4-6-8-16/h4-8,13-14H,9-12,15H2,1-3H3,(H,23,24). The smallest absolute Gasteiger partial charge is 0.255 e. The van der Waals surface area contributed by atoms with Crippen LogP contribution < -0.4 is 19.5 Å². The fourth-order valence-corrected chi connectivity index (χ4v) is 3.67. The van der Waals surface area contributed by atoms with Crippen LogP contribution in [0.3, 0.4) is 0 Å². The van der Waals surface area contributed by atoms with E-state index >= 15 is 0 Å². The Bertz CT molecular complexity index is 800. The third-order valence-electron chi connectivity index (χ3n) is 5.37. The van der Waals surface area contributed by atoms with Gasteiger partial charge in [0.15, 0.2) is 11.5 Å². The van der Waals surface area contributed by atoms with Crippen molar-refractivity contribution in [2.24, 2.45) is 0 Å². The topological polar surface area (TPSA) is 66.0 Å². The van der Waals surface area contributed by atoms with Crippen LogP contribution in [0.2, 0.25) is 0 Å². The minimum Gasteiger partial charge on any atom is -0.496 e. The molecule has 2 aromatic carbocycles. The summed E-state index contributed by atoms with van der Waals surface area (Å²) in [5.74, 6) is 1.23. The van der Waals surface area contributed by atoms with Crippen molar-refractivity contribution in [2.75, 3.05) is 41.1 Å². The molecule has 6 heteroatoms. The van der Waals surface area contributed by atoms with Crippen LogP contribution in [0.25, 0.3) is 0 Å². The second-order valence-electron chi connectivity index (χ2n) is 6.85. The van der Waals surface area contributed by atoms with Crippen molar-refractivity contribution in [1.82, 2.24) is 5.32 Å². The molecule has 1 N–H and O–H groups in total. The third-order valence-corrected chi connectivity index (χ3v) is 5.37. The van der Waals surface area contributed by atoms with Crippen LogP contribution >= 0.6 is 0 Å². The molecule has 28 heavy (non-hydrogen) atoms. The lowest BCUT2D eigenvalue weighted by Crippen LogP contribution is -2.44. The van der Waals surface area contributed by atoms with Gasteiger partial charge in [-0.25, -0.2) is 0 Å². The van der Waals surface area contributed by atoms with Gasteiger partial charge in [0.2, 0.25) is 0 Å². The molecule has 1 aliphatic rings. The lowest BCUT2D eigenvalue weighted by atomic mass is 9.74. The fourth-order valence-electron chi connectivity index (χ4n) is 3.67. The van der Waals surface area contributed by atoms with Crippen molar-refractivity contribution in [3.8, 4) is 17.2 Å². The minimum absolute atomic E-state index is 0.140. The quantitative estimate of drug-likeness (QED) is 0.793. The first kappa shape index (κ1) is 20.0. The predicted molar refractivity (Wildman–Crippen MR) is 107 cm³/mol. The highest BCUT2D eigenvalue weighted by Gasteiger charge is 2.35. The molecular formula is C22H27NO5. The lowest BCUT2D eigenvalue weighted by Gasteiger charge is -2.38. The Balaban J connectivity index is 1.84. The zero-order valence-corrected chi connectivity index (χ0v) is 16.6. The monoisotopic (exact) mass is 385 g/mol. The van der Waals surface area contributed by atoms with E-state index in [9.17, 15) is 4.79 Å². The van der Waals surface area contributed by atoms with Crippen molar-refractivity contribution in [1.29, 1.82) is 0 Å². The molecule has 0 spiro atoms. The van der Waals surface area contributed by atoms with Gasteiger partial charge in [0.05, 0.1) is 26.9 Å². The molecule has 2 aromatic rings. The van der Waals surface area contributed by atoms with Crippen LogP contribution in [0, 0.1) is 0 Å². The van der Waals surface area contributed by atoms with Gasteiger partial charge in [0.25, 0.3) is 5.91 Å². The highest BCUT2D eigenvalue weighted by Crippen LogP contribution is 2.36. The summed E-state index contributed by atoms with van der Waals surface area (Å²) in [4.78, 5) is 13.0. The number of amides is 1. The molecule has 0 bridgehead atoms. The number of nitrogens with one attached hydrogen (secondary N) is 1. The minimum atomic E-state index is -0.209. The van der Waals surface area contributed by atoms with Crippen molar-refractivity contribution in [2.45, 2.75) is 18.3 Å². The molecule has 1 fully saturated rings. The highest BCUT2D eigenvalue weighted by molar-refractivity contribution is 5.97. The molecular weight excluding hydrogens is 358 g/mol.